The molecule has 0 saturated carbocycles. The van der Waals surface area contributed by atoms with Gasteiger partial charge in [-0.2, -0.15) is 0 Å². The van der Waals surface area contributed by atoms with Crippen molar-refractivity contribution in [2.45, 2.75) is 12.5 Å². The van der Waals surface area contributed by atoms with Gasteiger partial charge < -0.3 is 24.4 Å². The van der Waals surface area contributed by atoms with E-state index >= 15 is 0 Å². The van der Waals surface area contributed by atoms with Crippen LogP contribution < -0.4 is 9.47 Å². The van der Waals surface area contributed by atoms with E-state index < -0.39 is 6.10 Å². The number of methoxy groups -OCH3 is 2. The molecule has 0 bridgehead atoms. The Morgan fingerprint density at radius 2 is 1.67 bits per heavy atom. The molecule has 1 aliphatic heterocycles. The van der Waals surface area contributed by atoms with Crippen LogP contribution in [0.5, 0.6) is 23.0 Å². The number of hydrogen-bond donors (Lipinski definition) is 2. The highest BCUT2D eigenvalue weighted by Gasteiger charge is 2.23. The minimum absolute atomic E-state index is 0.0281. The van der Waals surface area contributed by atoms with Gasteiger partial charge in [-0.05, 0) is 41.5 Å². The average molecular weight is 368 g/mol. The van der Waals surface area contributed by atoms with Gasteiger partial charge in [-0.25, -0.2) is 0 Å². The van der Waals surface area contributed by atoms with Crippen LogP contribution in [0.2, 0.25) is 0 Å². The summed E-state index contributed by atoms with van der Waals surface area (Å²) in [4.78, 5) is 12.1. The molecule has 3 rings (SSSR count). The summed E-state index contributed by atoms with van der Waals surface area (Å²) in [6, 6.07) is 9.81. The molecule has 0 fully saturated rings. The maximum absolute atomic E-state index is 12.1. The maximum Gasteiger partial charge on any atom is 0.163 e. The summed E-state index contributed by atoms with van der Waals surface area (Å²) in [5.74, 6) is 1.14. The lowest BCUT2D eigenvalue weighted by molar-refractivity contribution is -0.118. The summed E-state index contributed by atoms with van der Waals surface area (Å²) in [6.45, 7) is 0. The molecule has 0 aromatic heterocycles. The third-order valence-electron chi connectivity index (χ3n) is 4.19. The quantitative estimate of drug-likeness (QED) is 0.836. The maximum atomic E-state index is 12.1. The smallest absolute Gasteiger partial charge is 0.163 e. The zero-order chi connectivity index (χ0) is 19.4. The molecule has 2 aromatic carbocycles. The molecule has 140 valence electrons. The minimum Gasteiger partial charge on any atom is -0.504 e. The monoisotopic (exact) mass is 368 g/mol. The molecule has 27 heavy (non-hydrogen) atoms. The Balaban J connectivity index is 1.80. The van der Waals surface area contributed by atoms with E-state index in [-0.39, 0.29) is 23.7 Å². The van der Waals surface area contributed by atoms with Gasteiger partial charge in [0, 0.05) is 6.08 Å². The van der Waals surface area contributed by atoms with E-state index in [9.17, 15) is 15.0 Å². The predicted octanol–water partition coefficient (Wildman–Crippen LogP) is 3.74. The van der Waals surface area contributed by atoms with E-state index in [1.165, 1.54) is 32.4 Å². The summed E-state index contributed by atoms with van der Waals surface area (Å²) in [5.41, 5.74) is 1.53. The van der Waals surface area contributed by atoms with Gasteiger partial charge in [-0.1, -0.05) is 18.2 Å². The first-order chi connectivity index (χ1) is 13.0. The Labute approximate surface area is 156 Å². The predicted molar refractivity (Wildman–Crippen MR) is 99.9 cm³/mol. The van der Waals surface area contributed by atoms with Crippen molar-refractivity contribution < 1.29 is 29.2 Å². The summed E-state index contributed by atoms with van der Waals surface area (Å²) in [6.07, 6.45) is 4.64. The van der Waals surface area contributed by atoms with E-state index in [4.69, 9.17) is 14.2 Å². The van der Waals surface area contributed by atoms with Gasteiger partial charge in [0.25, 0.3) is 0 Å². The van der Waals surface area contributed by atoms with Crippen molar-refractivity contribution in [3.63, 3.8) is 0 Å². The number of phenols is 2. The Bertz CT molecular complexity index is 913. The SMILES string of the molecule is COc1cc(/C=C\C2=CC(=O)C[C@@H](c3ccc(O)c(OC)c3)O2)ccc1O. The summed E-state index contributed by atoms with van der Waals surface area (Å²) in [5, 5.41) is 19.4. The lowest BCUT2D eigenvalue weighted by Crippen LogP contribution is -2.14. The topological polar surface area (TPSA) is 85.2 Å². The van der Waals surface area contributed by atoms with Gasteiger partial charge in [0.2, 0.25) is 0 Å². The molecule has 2 N–H and O–H groups in total. The van der Waals surface area contributed by atoms with E-state index in [0.29, 0.717) is 17.3 Å². The van der Waals surface area contributed by atoms with E-state index in [1.54, 1.807) is 36.4 Å². The van der Waals surface area contributed by atoms with Crippen molar-refractivity contribution >= 4 is 11.9 Å². The van der Waals surface area contributed by atoms with Crippen molar-refractivity contribution in [1.29, 1.82) is 0 Å². The number of rotatable bonds is 5. The van der Waals surface area contributed by atoms with E-state index in [1.807, 2.05) is 0 Å². The molecule has 6 nitrogen and oxygen atoms in total. The zero-order valence-electron chi connectivity index (χ0n) is 15.0. The molecule has 0 spiro atoms. The highest BCUT2D eigenvalue weighted by atomic mass is 16.5. The number of carbonyl (C=O) groups excluding carboxylic acids is 1. The number of aromatic hydroxyl groups is 2. The molecule has 0 radical (unpaired) electrons. The zero-order valence-corrected chi connectivity index (χ0v) is 15.0. The van der Waals surface area contributed by atoms with Gasteiger partial charge in [0.1, 0.15) is 11.9 Å². The summed E-state index contributed by atoms with van der Waals surface area (Å²) < 4.78 is 16.1. The van der Waals surface area contributed by atoms with Crippen LogP contribution >= 0.6 is 0 Å². The van der Waals surface area contributed by atoms with Crippen molar-refractivity contribution in [2.75, 3.05) is 14.2 Å². The van der Waals surface area contributed by atoms with Crippen LogP contribution in [0, 0.1) is 0 Å². The van der Waals surface area contributed by atoms with Crippen LogP contribution in [0.15, 0.2) is 54.3 Å². The molecular formula is C21H20O6. The number of phenolic OH excluding ortho intramolecular Hbond substituents is 2. The van der Waals surface area contributed by atoms with Crippen LogP contribution in [0.3, 0.4) is 0 Å². The van der Waals surface area contributed by atoms with E-state index in [0.717, 1.165) is 11.1 Å². The number of allylic oxidation sites excluding steroid dienone is 2. The first-order valence-corrected chi connectivity index (χ1v) is 8.33. The fraction of sp³-hybridized carbons (Fsp3) is 0.190. The first-order valence-electron chi connectivity index (χ1n) is 8.33. The van der Waals surface area contributed by atoms with Crippen molar-refractivity contribution in [3.05, 3.63) is 65.4 Å². The van der Waals surface area contributed by atoms with Gasteiger partial charge in [0.15, 0.2) is 28.8 Å². The summed E-state index contributed by atoms with van der Waals surface area (Å²) in [7, 11) is 2.94. The molecule has 0 saturated heterocycles. The van der Waals surface area contributed by atoms with Crippen LogP contribution in [0.1, 0.15) is 23.7 Å². The van der Waals surface area contributed by atoms with Gasteiger partial charge in [-0.3, -0.25) is 4.79 Å². The number of ether oxygens (including phenoxy) is 3. The molecule has 1 aliphatic rings. The molecule has 0 unspecified atom stereocenters. The highest BCUT2D eigenvalue weighted by molar-refractivity contribution is 5.92. The fourth-order valence-electron chi connectivity index (χ4n) is 2.78. The molecule has 2 aromatic rings. The number of benzene rings is 2. The lowest BCUT2D eigenvalue weighted by atomic mass is 10.0. The van der Waals surface area contributed by atoms with Crippen LogP contribution in [0.25, 0.3) is 6.08 Å². The standard InChI is InChI=1S/C21H20O6/c1-25-20-9-13(4-7-17(20)23)3-6-16-11-15(22)12-19(27-16)14-5-8-18(24)21(10-14)26-2/h3-11,19,23-24H,12H2,1-2H3/b6-3-/t19-/m0/s1. The number of ketones is 1. The number of carbonyl (C=O) groups is 1. The molecule has 0 amide bonds. The molecule has 0 aliphatic carbocycles. The molecule has 1 heterocycles. The second-order valence-electron chi connectivity index (χ2n) is 6.02. The Kier molecular flexibility index (Phi) is 5.35. The number of hydrogen-bond acceptors (Lipinski definition) is 6. The Morgan fingerprint density at radius 1 is 1.00 bits per heavy atom. The van der Waals surface area contributed by atoms with Crippen LogP contribution in [-0.2, 0) is 9.53 Å². The van der Waals surface area contributed by atoms with Crippen molar-refractivity contribution in [1.82, 2.24) is 0 Å². The normalized spacial score (nSPS) is 16.7. The third-order valence-corrected chi connectivity index (χ3v) is 4.19. The molecule has 1 atom stereocenters. The van der Waals surface area contributed by atoms with E-state index in [2.05, 4.69) is 0 Å². The summed E-state index contributed by atoms with van der Waals surface area (Å²) >= 11 is 0. The Hall–Kier alpha value is -3.41. The van der Waals surface area contributed by atoms with Gasteiger partial charge in [-0.15, -0.1) is 0 Å². The fourth-order valence-corrected chi connectivity index (χ4v) is 2.78. The van der Waals surface area contributed by atoms with Gasteiger partial charge >= 0.3 is 0 Å². The van der Waals surface area contributed by atoms with Gasteiger partial charge in [0.05, 0.1) is 20.6 Å². The Morgan fingerprint density at radius 3 is 2.37 bits per heavy atom. The molecular weight excluding hydrogens is 348 g/mol. The second kappa shape index (κ2) is 7.86. The second-order valence-corrected chi connectivity index (χ2v) is 6.02. The van der Waals surface area contributed by atoms with Crippen molar-refractivity contribution in [3.8, 4) is 23.0 Å². The van der Waals surface area contributed by atoms with Crippen LogP contribution in [-0.4, -0.2) is 30.2 Å². The highest BCUT2D eigenvalue weighted by Crippen LogP contribution is 2.35. The first kappa shape index (κ1) is 18.4. The third kappa shape index (κ3) is 4.23. The van der Waals surface area contributed by atoms with Crippen molar-refractivity contribution in [2.24, 2.45) is 0 Å². The van der Waals surface area contributed by atoms with Crippen LogP contribution in [0.4, 0.5) is 0 Å². The lowest BCUT2D eigenvalue weighted by Gasteiger charge is -2.23. The largest absolute Gasteiger partial charge is 0.504 e. The average Bonchev–Trinajstić information content (AvgIpc) is 2.67. The minimum atomic E-state index is -0.467. The molecule has 6 heteroatoms.